The first-order valence-corrected chi connectivity index (χ1v) is 9.18. The average Bonchev–Trinajstić information content (AvgIpc) is 3.23. The molecule has 26 heavy (non-hydrogen) atoms. The molecule has 0 saturated carbocycles. The van der Waals surface area contributed by atoms with E-state index in [-0.39, 0.29) is 11.8 Å². The molecule has 0 N–H and O–H groups in total. The van der Waals surface area contributed by atoms with Crippen molar-refractivity contribution in [2.75, 3.05) is 6.54 Å². The van der Waals surface area contributed by atoms with Crippen molar-refractivity contribution in [1.82, 2.24) is 4.90 Å². The number of nitrogens with zero attached hydrogens (tertiary/aromatic N) is 1. The molecule has 134 valence electrons. The van der Waals surface area contributed by atoms with Gasteiger partial charge in [-0.25, -0.2) is 0 Å². The molecule has 0 aliphatic rings. The minimum Gasteiger partial charge on any atom is -0.469 e. The summed E-state index contributed by atoms with van der Waals surface area (Å²) in [4.78, 5) is 14.4. The van der Waals surface area contributed by atoms with E-state index in [9.17, 15) is 4.79 Å². The quantitative estimate of drug-likeness (QED) is 0.558. The molecule has 3 nitrogen and oxygen atoms in total. The molecule has 3 heteroatoms. The molecule has 1 atom stereocenters. The fourth-order valence-corrected chi connectivity index (χ4v) is 3.25. The van der Waals surface area contributed by atoms with Crippen LogP contribution >= 0.6 is 0 Å². The van der Waals surface area contributed by atoms with Gasteiger partial charge in [0.1, 0.15) is 5.76 Å². The molecule has 0 aliphatic carbocycles. The molecular weight excluding hydrogens is 322 g/mol. The van der Waals surface area contributed by atoms with Crippen LogP contribution in [0.3, 0.4) is 0 Å². The number of carbonyl (C=O) groups excluding carboxylic acids is 1. The highest BCUT2D eigenvalue weighted by Crippen LogP contribution is 2.28. The summed E-state index contributed by atoms with van der Waals surface area (Å²) in [5, 5.41) is 0. The lowest BCUT2D eigenvalue weighted by atomic mass is 9.93. The second-order valence-electron chi connectivity index (χ2n) is 6.42. The van der Waals surface area contributed by atoms with Crippen molar-refractivity contribution in [3.8, 4) is 0 Å². The van der Waals surface area contributed by atoms with Gasteiger partial charge in [-0.15, -0.1) is 0 Å². The molecule has 1 unspecified atom stereocenters. The van der Waals surface area contributed by atoms with Gasteiger partial charge in [-0.3, -0.25) is 4.79 Å². The lowest BCUT2D eigenvalue weighted by Gasteiger charge is -2.25. The van der Waals surface area contributed by atoms with Crippen molar-refractivity contribution in [3.05, 3.63) is 95.9 Å². The van der Waals surface area contributed by atoms with Gasteiger partial charge in [0.25, 0.3) is 0 Å². The first kappa shape index (κ1) is 18.0. The smallest absolute Gasteiger partial charge is 0.222 e. The van der Waals surface area contributed by atoms with Crippen molar-refractivity contribution in [3.63, 3.8) is 0 Å². The highest BCUT2D eigenvalue weighted by molar-refractivity contribution is 5.75. The Morgan fingerprint density at radius 3 is 2.27 bits per heavy atom. The monoisotopic (exact) mass is 347 g/mol. The van der Waals surface area contributed by atoms with E-state index >= 15 is 0 Å². The number of carbonyl (C=O) groups is 1. The summed E-state index contributed by atoms with van der Waals surface area (Å²) in [6.07, 6.45) is 3.06. The number of amides is 1. The Hall–Kier alpha value is -2.81. The van der Waals surface area contributed by atoms with Crippen LogP contribution in [0.1, 0.15) is 42.6 Å². The van der Waals surface area contributed by atoms with Gasteiger partial charge >= 0.3 is 0 Å². The summed E-state index contributed by atoms with van der Waals surface area (Å²) in [6.45, 7) is 3.26. The molecule has 1 aromatic heterocycles. The van der Waals surface area contributed by atoms with E-state index in [1.54, 1.807) is 6.26 Å². The third-order valence-corrected chi connectivity index (χ3v) is 4.65. The summed E-state index contributed by atoms with van der Waals surface area (Å²) < 4.78 is 5.68. The summed E-state index contributed by atoms with van der Waals surface area (Å²) >= 11 is 0. The van der Waals surface area contributed by atoms with Gasteiger partial charge in [-0.2, -0.15) is 0 Å². The lowest BCUT2D eigenvalue weighted by molar-refractivity contribution is -0.131. The SMILES string of the molecule is CCC(=O)N(CCC(c1ccccc1)c1ccco1)Cc1ccccc1. The van der Waals surface area contributed by atoms with Gasteiger partial charge in [-0.1, -0.05) is 67.6 Å². The standard InChI is InChI=1S/C23H25NO2/c1-2-23(25)24(18-19-10-5-3-6-11-19)16-15-21(22-14-9-17-26-22)20-12-7-4-8-13-20/h3-14,17,21H,2,15-16,18H2,1H3. The summed E-state index contributed by atoms with van der Waals surface area (Å²) in [5.41, 5.74) is 2.37. The first-order chi connectivity index (χ1) is 12.8. The van der Waals surface area contributed by atoms with Gasteiger partial charge in [0.05, 0.1) is 6.26 Å². The van der Waals surface area contributed by atoms with Gasteiger partial charge in [0.15, 0.2) is 0 Å². The van der Waals surface area contributed by atoms with Gasteiger partial charge < -0.3 is 9.32 Å². The normalized spacial score (nSPS) is 11.9. The van der Waals surface area contributed by atoms with Gasteiger partial charge in [0, 0.05) is 25.4 Å². The third kappa shape index (κ3) is 4.63. The molecule has 3 rings (SSSR count). The molecule has 0 spiro atoms. The maximum Gasteiger partial charge on any atom is 0.222 e. The number of benzene rings is 2. The maximum atomic E-state index is 12.5. The van der Waals surface area contributed by atoms with Crippen LogP contribution in [0.25, 0.3) is 0 Å². The maximum absolute atomic E-state index is 12.5. The predicted molar refractivity (Wildman–Crippen MR) is 104 cm³/mol. The molecule has 1 amide bonds. The van der Waals surface area contributed by atoms with E-state index in [0.29, 0.717) is 19.5 Å². The second-order valence-corrected chi connectivity index (χ2v) is 6.42. The Morgan fingerprint density at radius 2 is 1.65 bits per heavy atom. The number of furan rings is 1. The zero-order valence-electron chi connectivity index (χ0n) is 15.2. The van der Waals surface area contributed by atoms with Crippen molar-refractivity contribution in [2.24, 2.45) is 0 Å². The third-order valence-electron chi connectivity index (χ3n) is 4.65. The van der Waals surface area contributed by atoms with Crippen LogP contribution in [0.4, 0.5) is 0 Å². The van der Waals surface area contributed by atoms with E-state index in [1.807, 2.05) is 60.4 Å². The van der Waals surface area contributed by atoms with Crippen LogP contribution in [-0.2, 0) is 11.3 Å². The Bertz CT molecular complexity index is 782. The summed E-state index contributed by atoms with van der Waals surface area (Å²) in [6, 6.07) is 24.4. The molecule has 0 saturated heterocycles. The fraction of sp³-hybridized carbons (Fsp3) is 0.261. The molecule has 1 heterocycles. The Morgan fingerprint density at radius 1 is 0.962 bits per heavy atom. The Kier molecular flexibility index (Phi) is 6.26. The highest BCUT2D eigenvalue weighted by atomic mass is 16.3. The molecule has 2 aromatic carbocycles. The van der Waals surface area contributed by atoms with Crippen molar-refractivity contribution in [1.29, 1.82) is 0 Å². The van der Waals surface area contributed by atoms with E-state index in [4.69, 9.17) is 4.42 Å². The minimum atomic E-state index is 0.147. The largest absolute Gasteiger partial charge is 0.469 e. The predicted octanol–water partition coefficient (Wildman–Crippen LogP) is 5.24. The minimum absolute atomic E-state index is 0.147. The molecule has 0 radical (unpaired) electrons. The Labute approximate surface area is 155 Å². The summed E-state index contributed by atoms with van der Waals surface area (Å²) in [5.74, 6) is 1.27. The topological polar surface area (TPSA) is 33.5 Å². The van der Waals surface area contributed by atoms with E-state index in [2.05, 4.69) is 24.3 Å². The fourth-order valence-electron chi connectivity index (χ4n) is 3.25. The lowest BCUT2D eigenvalue weighted by Crippen LogP contribution is -2.31. The first-order valence-electron chi connectivity index (χ1n) is 9.18. The zero-order valence-corrected chi connectivity index (χ0v) is 15.2. The number of hydrogen-bond acceptors (Lipinski definition) is 2. The van der Waals surface area contributed by atoms with Crippen LogP contribution in [0.2, 0.25) is 0 Å². The average molecular weight is 347 g/mol. The number of hydrogen-bond donors (Lipinski definition) is 0. The second kappa shape index (κ2) is 9.04. The number of rotatable bonds is 8. The van der Waals surface area contributed by atoms with Crippen molar-refractivity contribution in [2.45, 2.75) is 32.2 Å². The van der Waals surface area contributed by atoms with E-state index in [0.717, 1.165) is 17.7 Å². The van der Waals surface area contributed by atoms with Crippen molar-refractivity contribution < 1.29 is 9.21 Å². The zero-order chi connectivity index (χ0) is 18.2. The molecule has 0 fully saturated rings. The highest BCUT2D eigenvalue weighted by Gasteiger charge is 2.20. The van der Waals surface area contributed by atoms with Crippen molar-refractivity contribution >= 4 is 5.91 Å². The molecule has 3 aromatic rings. The van der Waals surface area contributed by atoms with Crippen LogP contribution in [0.5, 0.6) is 0 Å². The van der Waals surface area contributed by atoms with Crippen LogP contribution in [-0.4, -0.2) is 17.4 Å². The van der Waals surface area contributed by atoms with Crippen LogP contribution in [0, 0.1) is 0 Å². The van der Waals surface area contributed by atoms with Gasteiger partial charge in [-0.05, 0) is 29.7 Å². The molecule has 0 aliphatic heterocycles. The molecular formula is C23H25NO2. The summed E-state index contributed by atoms with van der Waals surface area (Å²) in [7, 11) is 0. The van der Waals surface area contributed by atoms with E-state index in [1.165, 1.54) is 5.56 Å². The van der Waals surface area contributed by atoms with Crippen LogP contribution in [0.15, 0.2) is 83.5 Å². The van der Waals surface area contributed by atoms with Crippen LogP contribution < -0.4 is 0 Å². The molecule has 0 bridgehead atoms. The Balaban J connectivity index is 1.75. The van der Waals surface area contributed by atoms with E-state index < -0.39 is 0 Å². The van der Waals surface area contributed by atoms with Gasteiger partial charge in [0.2, 0.25) is 5.91 Å².